The van der Waals surface area contributed by atoms with Gasteiger partial charge in [-0.25, -0.2) is 4.57 Å². The van der Waals surface area contributed by atoms with Crippen LogP contribution in [0, 0.1) is 12.0 Å². The lowest BCUT2D eigenvalue weighted by Crippen LogP contribution is -1.71. The molecule has 4 nitrogen and oxygen atoms in total. The summed E-state index contributed by atoms with van der Waals surface area (Å²) in [6.45, 7) is -0.366. The zero-order valence-electron chi connectivity index (χ0n) is 3.92. The summed E-state index contributed by atoms with van der Waals surface area (Å²) in [6.07, 6.45) is 1.82. The summed E-state index contributed by atoms with van der Waals surface area (Å²) in [7, 11) is -2.94. The second kappa shape index (κ2) is 4.66. The van der Waals surface area contributed by atoms with Crippen LogP contribution in [0.2, 0.25) is 0 Å². The van der Waals surface area contributed by atoms with Crippen LogP contribution >= 0.6 is 8.25 Å². The molecular weight excluding hydrogens is 131 g/mol. The minimum absolute atomic E-state index is 0.366. The smallest absolute Gasteiger partial charge is 0.373 e. The Morgan fingerprint density at radius 1 is 1.75 bits per heavy atom. The maximum Gasteiger partial charge on any atom is 0.373 e. The molecule has 46 valence electrons. The first-order valence-electron chi connectivity index (χ1n) is 1.76. The van der Waals surface area contributed by atoms with Crippen molar-refractivity contribution in [2.24, 2.45) is 0 Å². The Bertz CT molecular complexity index is 132. The van der Waals surface area contributed by atoms with Gasteiger partial charge in [-0.3, -0.25) is 0 Å². The third-order valence-corrected chi connectivity index (χ3v) is 0.566. The van der Waals surface area contributed by atoms with Crippen molar-refractivity contribution in [3.05, 3.63) is 0 Å². The highest BCUT2D eigenvalue weighted by Crippen LogP contribution is 2.11. The SMILES string of the molecule is O=[PH](O)OC#CCO. The van der Waals surface area contributed by atoms with Crippen LogP contribution in [0.25, 0.3) is 0 Å². The molecule has 0 aliphatic carbocycles. The van der Waals surface area contributed by atoms with Gasteiger partial charge in [0.05, 0.1) is 0 Å². The molecule has 0 saturated carbocycles. The Balaban J connectivity index is 3.29. The number of rotatable bonds is 1. The summed E-state index contributed by atoms with van der Waals surface area (Å²) in [5.74, 6) is 2.03. The first kappa shape index (κ1) is 7.51. The van der Waals surface area contributed by atoms with Gasteiger partial charge < -0.3 is 14.5 Å². The van der Waals surface area contributed by atoms with Crippen LogP contribution in [-0.2, 0) is 9.09 Å². The van der Waals surface area contributed by atoms with Crippen molar-refractivity contribution in [1.82, 2.24) is 0 Å². The molecule has 0 saturated heterocycles. The maximum atomic E-state index is 9.65. The molecule has 0 amide bonds. The average Bonchev–Trinajstić information content (AvgIpc) is 1.66. The predicted molar refractivity (Wildman–Crippen MR) is 27.2 cm³/mol. The Morgan fingerprint density at radius 2 is 2.38 bits per heavy atom. The Kier molecular flexibility index (Phi) is 4.38. The molecule has 0 aliphatic rings. The largest absolute Gasteiger partial charge is 0.384 e. The van der Waals surface area contributed by atoms with Crippen molar-refractivity contribution in [1.29, 1.82) is 0 Å². The fraction of sp³-hybridized carbons (Fsp3) is 0.333. The third-order valence-electron chi connectivity index (χ3n) is 0.290. The van der Waals surface area contributed by atoms with Crippen molar-refractivity contribution in [2.45, 2.75) is 0 Å². The molecule has 5 heteroatoms. The van der Waals surface area contributed by atoms with Crippen LogP contribution in [-0.4, -0.2) is 16.6 Å². The van der Waals surface area contributed by atoms with E-state index in [9.17, 15) is 4.57 Å². The van der Waals surface area contributed by atoms with Crippen molar-refractivity contribution >= 4 is 8.25 Å². The molecule has 0 spiro atoms. The van der Waals surface area contributed by atoms with Crippen LogP contribution in [0.3, 0.4) is 0 Å². The molecule has 0 aromatic carbocycles. The van der Waals surface area contributed by atoms with Gasteiger partial charge in [-0.15, -0.1) is 0 Å². The van der Waals surface area contributed by atoms with E-state index >= 15 is 0 Å². The summed E-state index contributed by atoms with van der Waals surface area (Å²) in [5, 5.41) is 7.95. The monoisotopic (exact) mass is 136 g/mol. The van der Waals surface area contributed by atoms with Crippen LogP contribution in [0.4, 0.5) is 0 Å². The second-order valence-electron chi connectivity index (χ2n) is 0.805. The molecule has 0 radical (unpaired) electrons. The summed E-state index contributed by atoms with van der Waals surface area (Å²) < 4.78 is 13.5. The van der Waals surface area contributed by atoms with E-state index in [1.807, 2.05) is 12.0 Å². The van der Waals surface area contributed by atoms with Crippen LogP contribution in [0.5, 0.6) is 0 Å². The summed E-state index contributed by atoms with van der Waals surface area (Å²) in [5.41, 5.74) is 0. The molecule has 1 unspecified atom stereocenters. The normalized spacial score (nSPS) is 11.2. The fourth-order valence-electron chi connectivity index (χ4n) is 0.112. The highest BCUT2D eigenvalue weighted by molar-refractivity contribution is 7.32. The fourth-order valence-corrected chi connectivity index (χ4v) is 0.271. The lowest BCUT2D eigenvalue weighted by Gasteiger charge is -1.82. The molecular formula is C3H5O4P. The van der Waals surface area contributed by atoms with Gasteiger partial charge in [0.25, 0.3) is 0 Å². The number of hydrogen-bond donors (Lipinski definition) is 2. The van der Waals surface area contributed by atoms with E-state index in [4.69, 9.17) is 10.00 Å². The molecule has 0 aromatic heterocycles. The molecule has 8 heavy (non-hydrogen) atoms. The highest BCUT2D eigenvalue weighted by atomic mass is 31.1. The van der Waals surface area contributed by atoms with E-state index < -0.39 is 8.25 Å². The van der Waals surface area contributed by atoms with Crippen LogP contribution < -0.4 is 0 Å². The summed E-state index contributed by atoms with van der Waals surface area (Å²) in [4.78, 5) is 7.92. The molecule has 0 rings (SSSR count). The minimum atomic E-state index is -2.94. The zero-order valence-corrected chi connectivity index (χ0v) is 4.92. The van der Waals surface area contributed by atoms with E-state index in [1.54, 1.807) is 0 Å². The first-order valence-corrected chi connectivity index (χ1v) is 3.02. The molecule has 0 aromatic rings. The molecule has 2 N–H and O–H groups in total. The Hall–Kier alpha value is -0.490. The van der Waals surface area contributed by atoms with Gasteiger partial charge in [0.1, 0.15) is 12.7 Å². The third kappa shape index (κ3) is 5.51. The molecule has 1 atom stereocenters. The van der Waals surface area contributed by atoms with Crippen molar-refractivity contribution in [3.8, 4) is 12.0 Å². The minimum Gasteiger partial charge on any atom is -0.384 e. The van der Waals surface area contributed by atoms with Gasteiger partial charge in [0.15, 0.2) is 0 Å². The Labute approximate surface area is 47.0 Å². The molecule has 0 fully saturated rings. The van der Waals surface area contributed by atoms with Crippen molar-refractivity contribution in [3.63, 3.8) is 0 Å². The maximum absolute atomic E-state index is 9.65. The van der Waals surface area contributed by atoms with Gasteiger partial charge >= 0.3 is 8.25 Å². The van der Waals surface area contributed by atoms with Crippen LogP contribution in [0.15, 0.2) is 0 Å². The summed E-state index contributed by atoms with van der Waals surface area (Å²) >= 11 is 0. The van der Waals surface area contributed by atoms with E-state index in [0.717, 1.165) is 0 Å². The second-order valence-corrected chi connectivity index (χ2v) is 1.54. The lowest BCUT2D eigenvalue weighted by molar-refractivity contribution is 0.347. The van der Waals surface area contributed by atoms with Crippen molar-refractivity contribution in [2.75, 3.05) is 6.61 Å². The van der Waals surface area contributed by atoms with Gasteiger partial charge in [0.2, 0.25) is 0 Å². The van der Waals surface area contributed by atoms with E-state index in [2.05, 4.69) is 4.52 Å². The van der Waals surface area contributed by atoms with Crippen LogP contribution in [0.1, 0.15) is 0 Å². The van der Waals surface area contributed by atoms with Gasteiger partial charge in [-0.1, -0.05) is 0 Å². The van der Waals surface area contributed by atoms with Crippen molar-refractivity contribution < 1.29 is 19.1 Å². The first-order chi connectivity index (χ1) is 3.77. The van der Waals surface area contributed by atoms with E-state index in [-0.39, 0.29) is 6.61 Å². The molecule has 0 aliphatic heterocycles. The topological polar surface area (TPSA) is 66.8 Å². The number of hydrogen-bond acceptors (Lipinski definition) is 3. The Morgan fingerprint density at radius 3 is 2.75 bits per heavy atom. The molecule has 0 bridgehead atoms. The van der Waals surface area contributed by atoms with Gasteiger partial charge in [-0.2, -0.15) is 0 Å². The zero-order chi connectivity index (χ0) is 6.41. The van der Waals surface area contributed by atoms with E-state index in [0.29, 0.717) is 0 Å². The lowest BCUT2D eigenvalue weighted by atomic mass is 10.8. The van der Waals surface area contributed by atoms with Gasteiger partial charge in [-0.05, 0) is 5.92 Å². The standard InChI is InChI=1S/C3H5O4P/c4-2-1-3-7-8(5)6/h4,8H,2H2,(H,5,6). The quantitative estimate of drug-likeness (QED) is 0.371. The summed E-state index contributed by atoms with van der Waals surface area (Å²) in [6, 6.07) is 0. The van der Waals surface area contributed by atoms with Gasteiger partial charge in [0, 0.05) is 0 Å². The number of aliphatic hydroxyl groups is 1. The highest BCUT2D eigenvalue weighted by Gasteiger charge is 1.80. The average molecular weight is 136 g/mol. The molecule has 0 heterocycles. The number of aliphatic hydroxyl groups excluding tert-OH is 1. The van der Waals surface area contributed by atoms with E-state index in [1.165, 1.54) is 0 Å². The predicted octanol–water partition coefficient (Wildman–Crippen LogP) is -0.662.